The van der Waals surface area contributed by atoms with Crippen molar-refractivity contribution in [2.45, 2.75) is 21.6 Å². The topological polar surface area (TPSA) is 198 Å². The van der Waals surface area contributed by atoms with Gasteiger partial charge in [0.05, 0.1) is 14.7 Å². The summed E-state index contributed by atoms with van der Waals surface area (Å²) in [6.07, 6.45) is 0. The zero-order valence-electron chi connectivity index (χ0n) is 19.9. The molecule has 0 atom stereocenters. The Morgan fingerprint density at radius 3 is 1.35 bits per heavy atom. The standard InChI is InChI=1S/C20H14O11S3.3Na/c1-9(2)20(21)31-14-7-15(32(22,23)24)11-5-6-13-17(34(28,29)30)8-16(33(25,26)27)12-4-3-10(14)18(11)19(12)13;;;/h3-8H,1H2,2H3,(H,22,23,24)(H,25,26,27)(H,28,29,30);;;/q;3*+1/p-3. The molecule has 0 aliphatic heterocycles. The molecule has 0 fully saturated rings. The minimum Gasteiger partial charge on any atom is -0.744 e. The van der Waals surface area contributed by atoms with E-state index >= 15 is 0 Å². The Bertz CT molecular complexity index is 1850. The molecule has 0 aliphatic rings. The fraction of sp³-hybridized carbons (Fsp3) is 0.0500. The quantitative estimate of drug-likeness (QED) is 0.0533. The third-order valence-electron chi connectivity index (χ3n) is 5.11. The normalized spacial score (nSPS) is 12.0. The Hall–Kier alpha value is -0.140. The van der Waals surface area contributed by atoms with Crippen LogP contribution in [0.5, 0.6) is 5.75 Å². The summed E-state index contributed by atoms with van der Waals surface area (Å²) in [5.41, 5.74) is -0.0725. The van der Waals surface area contributed by atoms with Gasteiger partial charge in [-0.25, -0.2) is 30.0 Å². The van der Waals surface area contributed by atoms with Gasteiger partial charge in [0.25, 0.3) is 0 Å². The van der Waals surface area contributed by atoms with E-state index in [-0.39, 0.29) is 127 Å². The van der Waals surface area contributed by atoms with Crippen molar-refractivity contribution >= 4 is 68.6 Å². The Balaban J connectivity index is 0.00000228. The molecule has 0 aliphatic carbocycles. The molecule has 0 N–H and O–H groups in total. The Morgan fingerprint density at radius 2 is 1.00 bits per heavy atom. The average molecular weight is 592 g/mol. The summed E-state index contributed by atoms with van der Waals surface area (Å²) in [5, 5.41) is -1.44. The number of ether oxygens (including phenoxy) is 1. The molecule has 37 heavy (non-hydrogen) atoms. The van der Waals surface area contributed by atoms with E-state index in [1.807, 2.05) is 0 Å². The maximum Gasteiger partial charge on any atom is 1.00 e. The number of hydrogen-bond donors (Lipinski definition) is 0. The maximum absolute atomic E-state index is 12.1. The van der Waals surface area contributed by atoms with Gasteiger partial charge < -0.3 is 18.4 Å². The van der Waals surface area contributed by atoms with Crippen LogP contribution in [0.4, 0.5) is 0 Å². The van der Waals surface area contributed by atoms with Gasteiger partial charge in [0.1, 0.15) is 36.1 Å². The van der Waals surface area contributed by atoms with Crippen molar-refractivity contribution in [2.75, 3.05) is 0 Å². The van der Waals surface area contributed by atoms with Gasteiger partial charge in [-0.3, -0.25) is 0 Å². The van der Waals surface area contributed by atoms with E-state index in [4.69, 9.17) is 4.74 Å². The zero-order valence-corrected chi connectivity index (χ0v) is 28.3. The first-order valence-electron chi connectivity index (χ1n) is 9.05. The first-order valence-corrected chi connectivity index (χ1v) is 13.3. The maximum atomic E-state index is 12.1. The largest absolute Gasteiger partial charge is 1.00 e. The van der Waals surface area contributed by atoms with Crippen molar-refractivity contribution in [3.8, 4) is 5.75 Å². The summed E-state index contributed by atoms with van der Waals surface area (Å²) >= 11 is 0. The summed E-state index contributed by atoms with van der Waals surface area (Å²) in [6.45, 7) is 4.71. The first-order chi connectivity index (χ1) is 15.5. The van der Waals surface area contributed by atoms with Crippen LogP contribution in [0, 0.1) is 0 Å². The van der Waals surface area contributed by atoms with E-state index < -0.39 is 56.8 Å². The summed E-state index contributed by atoms with van der Waals surface area (Å²) in [5.74, 6) is -1.40. The molecule has 178 valence electrons. The average Bonchev–Trinajstić information content (AvgIpc) is 2.69. The number of carbonyl (C=O) groups is 1. The fourth-order valence-corrected chi connectivity index (χ4v) is 5.93. The van der Waals surface area contributed by atoms with Gasteiger partial charge in [-0.05, 0) is 25.1 Å². The van der Waals surface area contributed by atoms with Crippen LogP contribution in [0.25, 0.3) is 32.3 Å². The van der Waals surface area contributed by atoms with Gasteiger partial charge in [0.2, 0.25) is 0 Å². The van der Waals surface area contributed by atoms with Gasteiger partial charge in [-0.1, -0.05) is 24.8 Å². The number of esters is 1. The third-order valence-corrected chi connectivity index (χ3v) is 7.74. The minimum absolute atomic E-state index is 0. The molecule has 0 spiro atoms. The van der Waals surface area contributed by atoms with Gasteiger partial charge in [-0.15, -0.1) is 0 Å². The van der Waals surface area contributed by atoms with Crippen LogP contribution in [0.3, 0.4) is 0 Å². The molecule has 11 nitrogen and oxygen atoms in total. The van der Waals surface area contributed by atoms with Crippen LogP contribution in [0.15, 0.2) is 63.2 Å². The predicted molar refractivity (Wildman–Crippen MR) is 114 cm³/mol. The Labute approximate surface area is 278 Å². The smallest absolute Gasteiger partial charge is 0.744 e. The van der Waals surface area contributed by atoms with E-state index in [1.165, 1.54) is 13.0 Å². The van der Waals surface area contributed by atoms with Gasteiger partial charge in [-0.2, -0.15) is 0 Å². The van der Waals surface area contributed by atoms with Gasteiger partial charge in [0.15, 0.2) is 0 Å². The summed E-state index contributed by atoms with van der Waals surface area (Å²) in [6, 6.07) is 5.61. The van der Waals surface area contributed by atoms with Crippen molar-refractivity contribution in [1.29, 1.82) is 0 Å². The van der Waals surface area contributed by atoms with Crippen LogP contribution >= 0.6 is 0 Å². The predicted octanol–water partition coefficient (Wildman–Crippen LogP) is -7.21. The van der Waals surface area contributed by atoms with E-state index in [0.717, 1.165) is 24.3 Å². The molecule has 4 aromatic carbocycles. The van der Waals surface area contributed by atoms with Gasteiger partial charge in [0, 0.05) is 37.9 Å². The van der Waals surface area contributed by atoms with Crippen molar-refractivity contribution < 1.29 is 137 Å². The third kappa shape index (κ3) is 6.45. The second-order valence-electron chi connectivity index (χ2n) is 7.35. The molecular weight excluding hydrogens is 581 g/mol. The van der Waals surface area contributed by atoms with Crippen molar-refractivity contribution in [3.05, 3.63) is 48.6 Å². The zero-order chi connectivity index (χ0) is 25.4. The number of carbonyl (C=O) groups excluding carboxylic acids is 1. The van der Waals surface area contributed by atoms with Crippen molar-refractivity contribution in [1.82, 2.24) is 0 Å². The summed E-state index contributed by atoms with van der Waals surface area (Å²) in [4.78, 5) is 9.17. The van der Waals surface area contributed by atoms with Crippen LogP contribution in [0.2, 0.25) is 0 Å². The molecular formula is C20H11Na3O11S3. The molecule has 0 unspecified atom stereocenters. The molecule has 0 radical (unpaired) electrons. The first kappa shape index (κ1) is 34.9. The van der Waals surface area contributed by atoms with Crippen LogP contribution < -0.4 is 93.4 Å². The fourth-order valence-electron chi connectivity index (χ4n) is 3.76. The van der Waals surface area contributed by atoms with E-state index in [0.29, 0.717) is 6.07 Å². The molecule has 4 rings (SSSR count). The van der Waals surface area contributed by atoms with Gasteiger partial charge >= 0.3 is 94.6 Å². The monoisotopic (exact) mass is 592 g/mol. The van der Waals surface area contributed by atoms with Crippen LogP contribution in [-0.4, -0.2) is 44.9 Å². The molecule has 0 saturated carbocycles. The Morgan fingerprint density at radius 1 is 0.676 bits per heavy atom. The molecule has 17 heteroatoms. The van der Waals surface area contributed by atoms with Crippen molar-refractivity contribution in [2.24, 2.45) is 0 Å². The van der Waals surface area contributed by atoms with E-state index in [1.54, 1.807) is 0 Å². The Kier molecular flexibility index (Phi) is 11.1. The van der Waals surface area contributed by atoms with Crippen molar-refractivity contribution in [3.63, 3.8) is 0 Å². The molecule has 0 saturated heterocycles. The second-order valence-corrected chi connectivity index (χ2v) is 11.4. The number of rotatable bonds is 5. The molecule has 4 aromatic rings. The number of hydrogen-bond acceptors (Lipinski definition) is 11. The SMILES string of the molecule is C=C(C)C(=O)Oc1cc(S(=O)(=O)[O-])c2ccc3c(S(=O)(=O)[O-])cc(S(=O)(=O)[O-])c4ccc1c2c43.[Na+].[Na+].[Na+]. The molecule has 0 amide bonds. The van der Waals surface area contributed by atoms with Crippen LogP contribution in [0.1, 0.15) is 6.92 Å². The molecule has 0 bridgehead atoms. The second kappa shape index (κ2) is 11.8. The van der Waals surface area contributed by atoms with Crippen LogP contribution in [-0.2, 0) is 35.1 Å². The van der Waals surface area contributed by atoms with E-state index in [2.05, 4.69) is 6.58 Å². The minimum atomic E-state index is -5.32. The summed E-state index contributed by atoms with van der Waals surface area (Å²) in [7, 11) is -15.8. The molecule has 0 heterocycles. The van der Waals surface area contributed by atoms with E-state index in [9.17, 15) is 43.7 Å². The number of benzene rings is 4. The summed E-state index contributed by atoms with van der Waals surface area (Å²) < 4.78 is 113. The molecule has 0 aromatic heterocycles.